The fourth-order valence-corrected chi connectivity index (χ4v) is 7.62. The van der Waals surface area contributed by atoms with Crippen molar-refractivity contribution >= 4 is 42.6 Å². The first-order valence-electron chi connectivity index (χ1n) is 17.5. The zero-order chi connectivity index (χ0) is 33.0. The molecule has 0 amide bonds. The molecule has 0 saturated heterocycles. The van der Waals surface area contributed by atoms with E-state index < -0.39 is 0 Å². The van der Waals surface area contributed by atoms with Gasteiger partial charge in [-0.3, -0.25) is 9.98 Å². The third-order valence-electron chi connectivity index (χ3n) is 10.1. The Kier molecular flexibility index (Phi) is 9.09. The highest BCUT2D eigenvalue weighted by Crippen LogP contribution is 2.33. The average molecular weight is 653 g/mol. The standard InChI is InChI=1S/C46H40N2S/c49-46-31-35(12-11-34-17-24-40(25-18-34)45-30-27-38-6-2-4-8-43(38)48-45)19-28-41(46)36-20-13-32(14-21-36)9-10-33-15-22-39(23-16-33)44-29-26-37-5-1-3-7-42(37)47-44/h1-20,22-25,27-28,31,36-37,42,45,49H,21,26,29-30H2/b10-9+,12-11?. The summed E-state index contributed by atoms with van der Waals surface area (Å²) in [5.74, 6) is 0.889. The van der Waals surface area contributed by atoms with Crippen molar-refractivity contribution in [2.45, 2.75) is 48.6 Å². The van der Waals surface area contributed by atoms with E-state index in [2.05, 4.69) is 164 Å². The monoisotopic (exact) mass is 652 g/mol. The number of benzene rings is 4. The number of nitrogens with zero attached hydrogens (tertiary/aromatic N) is 2. The van der Waals surface area contributed by atoms with Crippen molar-refractivity contribution in [1.29, 1.82) is 0 Å². The predicted molar refractivity (Wildman–Crippen MR) is 209 cm³/mol. The normalized spacial score (nSPS) is 22.6. The molecule has 0 aromatic heterocycles. The van der Waals surface area contributed by atoms with Gasteiger partial charge in [-0.2, -0.15) is 0 Å². The van der Waals surface area contributed by atoms with Crippen molar-refractivity contribution in [3.63, 3.8) is 0 Å². The number of hydrogen-bond acceptors (Lipinski definition) is 3. The van der Waals surface area contributed by atoms with E-state index >= 15 is 0 Å². The van der Waals surface area contributed by atoms with E-state index in [0.717, 1.165) is 35.1 Å². The fraction of sp³-hybridized carbons (Fsp3) is 0.174. The molecule has 2 nitrogen and oxygen atoms in total. The minimum absolute atomic E-state index is 0.184. The van der Waals surface area contributed by atoms with E-state index in [9.17, 15) is 0 Å². The van der Waals surface area contributed by atoms with Gasteiger partial charge in [-0.05, 0) is 82.0 Å². The second-order valence-corrected chi connectivity index (χ2v) is 13.8. The largest absolute Gasteiger partial charge is 0.281 e. The number of hydrogen-bond donors (Lipinski definition) is 1. The lowest BCUT2D eigenvalue weighted by molar-refractivity contribution is 0.518. The molecule has 8 rings (SSSR count). The number of aliphatic imine (C=N–C) groups is 1. The lowest BCUT2D eigenvalue weighted by atomic mass is 9.86. The van der Waals surface area contributed by atoms with E-state index in [1.54, 1.807) is 0 Å². The topological polar surface area (TPSA) is 24.7 Å². The molecule has 0 N–H and O–H groups in total. The molecule has 0 radical (unpaired) electrons. The van der Waals surface area contributed by atoms with E-state index in [0.29, 0.717) is 17.9 Å². The van der Waals surface area contributed by atoms with Crippen molar-refractivity contribution in [3.05, 3.63) is 189 Å². The maximum Gasteiger partial charge on any atom is 0.0791 e. The quantitative estimate of drug-likeness (QED) is 0.152. The number of para-hydroxylation sites is 1. The van der Waals surface area contributed by atoms with Gasteiger partial charge < -0.3 is 0 Å². The Hall–Kier alpha value is -4.99. The molecule has 4 unspecified atom stereocenters. The van der Waals surface area contributed by atoms with Gasteiger partial charge in [0.05, 0.1) is 17.4 Å². The van der Waals surface area contributed by atoms with Gasteiger partial charge >= 0.3 is 0 Å². The van der Waals surface area contributed by atoms with E-state index in [1.807, 2.05) is 0 Å². The minimum Gasteiger partial charge on any atom is -0.281 e. The van der Waals surface area contributed by atoms with Crippen molar-refractivity contribution in [1.82, 2.24) is 0 Å². The Morgan fingerprint density at radius 3 is 2.24 bits per heavy atom. The molecule has 4 aliphatic rings. The smallest absolute Gasteiger partial charge is 0.0791 e. The van der Waals surface area contributed by atoms with Crippen LogP contribution in [0, 0.1) is 5.92 Å². The van der Waals surface area contributed by atoms with Gasteiger partial charge in [0, 0.05) is 22.4 Å². The van der Waals surface area contributed by atoms with Crippen LogP contribution in [0.3, 0.4) is 0 Å². The Morgan fingerprint density at radius 1 is 0.673 bits per heavy atom. The first kappa shape index (κ1) is 31.3. The Labute approximate surface area is 295 Å². The van der Waals surface area contributed by atoms with Crippen LogP contribution >= 0.6 is 12.6 Å². The van der Waals surface area contributed by atoms with Crippen molar-refractivity contribution in [2.75, 3.05) is 0 Å². The Bertz CT molecular complexity index is 2190. The molecule has 0 spiro atoms. The fourth-order valence-electron chi connectivity index (χ4n) is 7.23. The molecule has 2 aliphatic heterocycles. The molecule has 4 atom stereocenters. The second-order valence-electron chi connectivity index (χ2n) is 13.4. The summed E-state index contributed by atoms with van der Waals surface area (Å²) >= 11 is 4.90. The van der Waals surface area contributed by atoms with Gasteiger partial charge in [0.2, 0.25) is 0 Å². The maximum atomic E-state index is 5.04. The molecular formula is C46H40N2S. The molecule has 2 aliphatic carbocycles. The lowest BCUT2D eigenvalue weighted by Gasteiger charge is -2.27. The second kappa shape index (κ2) is 14.2. The van der Waals surface area contributed by atoms with E-state index in [4.69, 9.17) is 22.6 Å². The van der Waals surface area contributed by atoms with Crippen LogP contribution < -0.4 is 10.6 Å². The molecule has 240 valence electrons. The molecular weight excluding hydrogens is 613 g/mol. The third-order valence-corrected chi connectivity index (χ3v) is 10.5. The third kappa shape index (κ3) is 7.23. The average Bonchev–Trinajstić information content (AvgIpc) is 3.16. The van der Waals surface area contributed by atoms with E-state index in [1.165, 1.54) is 50.7 Å². The first-order chi connectivity index (χ1) is 24.1. The van der Waals surface area contributed by atoms with Gasteiger partial charge in [0.15, 0.2) is 0 Å². The van der Waals surface area contributed by atoms with Crippen molar-refractivity contribution in [2.24, 2.45) is 15.9 Å². The zero-order valence-electron chi connectivity index (χ0n) is 27.6. The predicted octanol–water partition coefficient (Wildman–Crippen LogP) is 10.1. The number of fused-ring (bicyclic) bond motifs is 2. The highest BCUT2D eigenvalue weighted by atomic mass is 32.1. The lowest BCUT2D eigenvalue weighted by Crippen LogP contribution is -2.28. The minimum atomic E-state index is 0.184. The highest BCUT2D eigenvalue weighted by molar-refractivity contribution is 7.80. The summed E-state index contributed by atoms with van der Waals surface area (Å²) in [4.78, 5) is 11.0. The van der Waals surface area contributed by atoms with Gasteiger partial charge in [-0.25, -0.2) is 0 Å². The summed E-state index contributed by atoms with van der Waals surface area (Å²) in [5.41, 5.74) is 9.77. The van der Waals surface area contributed by atoms with Crippen LogP contribution in [0.2, 0.25) is 0 Å². The Balaban J connectivity index is 0.859. The van der Waals surface area contributed by atoms with Gasteiger partial charge in [0.25, 0.3) is 0 Å². The van der Waals surface area contributed by atoms with Crippen LogP contribution in [0.15, 0.2) is 160 Å². The number of rotatable bonds is 7. The van der Waals surface area contributed by atoms with Crippen molar-refractivity contribution < 1.29 is 0 Å². The molecule has 4 aromatic rings. The van der Waals surface area contributed by atoms with Gasteiger partial charge in [0.1, 0.15) is 0 Å². The van der Waals surface area contributed by atoms with Crippen LogP contribution in [-0.2, 0) is 0 Å². The number of allylic oxidation sites excluding steroid dienone is 7. The SMILES string of the molecule is Sc1cc(C=Cc2ccc(C3CC=c4ccccc4=N3)cc2)ccc1C1C=CC(/C=C/c2ccc(C3=NC4C=CC=CC4CC3)cc2)=CC1. The van der Waals surface area contributed by atoms with Crippen LogP contribution in [-0.4, -0.2) is 11.8 Å². The Morgan fingerprint density at radius 2 is 1.43 bits per heavy atom. The summed E-state index contributed by atoms with van der Waals surface area (Å²) in [6.07, 6.45) is 30.9. The van der Waals surface area contributed by atoms with Crippen LogP contribution in [0.1, 0.15) is 71.0 Å². The van der Waals surface area contributed by atoms with Gasteiger partial charge in [-0.15, -0.1) is 12.6 Å². The van der Waals surface area contributed by atoms with Gasteiger partial charge in [-0.1, -0.05) is 152 Å². The molecule has 0 bridgehead atoms. The summed E-state index contributed by atoms with van der Waals surface area (Å²) in [6.45, 7) is 0. The zero-order valence-corrected chi connectivity index (χ0v) is 28.5. The maximum absolute atomic E-state index is 5.04. The molecule has 0 fully saturated rings. The first-order valence-corrected chi connectivity index (χ1v) is 17.9. The molecule has 4 aromatic carbocycles. The molecule has 0 saturated carbocycles. The summed E-state index contributed by atoms with van der Waals surface area (Å²) < 4.78 is 0. The van der Waals surface area contributed by atoms with Crippen LogP contribution in [0.4, 0.5) is 0 Å². The van der Waals surface area contributed by atoms with E-state index in [-0.39, 0.29) is 6.04 Å². The summed E-state index contributed by atoms with van der Waals surface area (Å²) in [7, 11) is 0. The molecule has 2 heterocycles. The molecule has 49 heavy (non-hydrogen) atoms. The van der Waals surface area contributed by atoms with Crippen LogP contribution in [0.25, 0.3) is 24.3 Å². The highest BCUT2D eigenvalue weighted by Gasteiger charge is 2.24. The summed E-state index contributed by atoms with van der Waals surface area (Å²) in [5, 5.41) is 2.32. The summed E-state index contributed by atoms with van der Waals surface area (Å²) in [6, 6.07) is 33.1. The van der Waals surface area contributed by atoms with Crippen molar-refractivity contribution in [3.8, 4) is 0 Å². The molecule has 3 heteroatoms. The number of thiol groups is 1. The van der Waals surface area contributed by atoms with Crippen LogP contribution in [0.5, 0.6) is 0 Å².